The van der Waals surface area contributed by atoms with Gasteiger partial charge in [0.15, 0.2) is 5.78 Å². The highest BCUT2D eigenvalue weighted by molar-refractivity contribution is 6.00. The Morgan fingerprint density at radius 3 is 2.56 bits per heavy atom. The maximum Gasteiger partial charge on any atom is 0.159 e. The first kappa shape index (κ1) is 12.8. The summed E-state index contributed by atoms with van der Waals surface area (Å²) in [6.07, 6.45) is 3.06. The summed E-state index contributed by atoms with van der Waals surface area (Å²) in [6, 6.07) is 8.04. The van der Waals surface area contributed by atoms with Crippen molar-refractivity contribution >= 4 is 17.5 Å². The molecule has 1 unspecified atom stereocenters. The summed E-state index contributed by atoms with van der Waals surface area (Å²) in [7, 11) is 3.99. The number of aliphatic hydroxyl groups excluding tert-OH is 1. The van der Waals surface area contributed by atoms with E-state index in [9.17, 15) is 9.90 Å². The van der Waals surface area contributed by atoms with Crippen molar-refractivity contribution in [2.24, 2.45) is 0 Å². The summed E-state index contributed by atoms with van der Waals surface area (Å²) in [5.74, 6) is 0.164. The Balaban J connectivity index is 2.18. The number of carbonyl (C=O) groups is 1. The first-order chi connectivity index (χ1) is 8.56. The van der Waals surface area contributed by atoms with E-state index in [0.29, 0.717) is 19.3 Å². The number of benzene rings is 1. The predicted octanol–water partition coefficient (Wildman–Crippen LogP) is 2.25. The van der Waals surface area contributed by atoms with E-state index in [-0.39, 0.29) is 11.9 Å². The minimum atomic E-state index is -0.366. The summed E-state index contributed by atoms with van der Waals surface area (Å²) in [5, 5.41) is 9.59. The van der Waals surface area contributed by atoms with Crippen LogP contribution < -0.4 is 4.90 Å². The van der Waals surface area contributed by atoms with Gasteiger partial charge in [0.05, 0.1) is 6.10 Å². The number of hydrogen-bond donors (Lipinski definition) is 1. The molecule has 0 spiro atoms. The zero-order valence-electron chi connectivity index (χ0n) is 10.9. The average molecular weight is 245 g/mol. The van der Waals surface area contributed by atoms with Gasteiger partial charge in [0.1, 0.15) is 0 Å². The second-order valence-electron chi connectivity index (χ2n) is 4.98. The normalized spacial score (nSPS) is 22.3. The van der Waals surface area contributed by atoms with Crippen LogP contribution in [-0.4, -0.2) is 31.1 Å². The van der Waals surface area contributed by atoms with E-state index in [1.807, 2.05) is 49.3 Å². The number of nitrogens with zero attached hydrogens (tertiary/aromatic N) is 1. The molecule has 0 radical (unpaired) electrons. The van der Waals surface area contributed by atoms with Gasteiger partial charge in [-0.15, -0.1) is 0 Å². The zero-order chi connectivity index (χ0) is 13.1. The van der Waals surface area contributed by atoms with E-state index >= 15 is 0 Å². The molecule has 3 heteroatoms. The van der Waals surface area contributed by atoms with E-state index in [1.165, 1.54) is 0 Å². The minimum Gasteiger partial charge on any atom is -0.393 e. The lowest BCUT2D eigenvalue weighted by Gasteiger charge is -2.18. The van der Waals surface area contributed by atoms with E-state index in [0.717, 1.165) is 16.8 Å². The van der Waals surface area contributed by atoms with Crippen LogP contribution in [0.25, 0.3) is 6.08 Å². The van der Waals surface area contributed by atoms with Crippen molar-refractivity contribution in [3.63, 3.8) is 0 Å². The van der Waals surface area contributed by atoms with Gasteiger partial charge < -0.3 is 10.0 Å². The monoisotopic (exact) mass is 245 g/mol. The lowest BCUT2D eigenvalue weighted by molar-refractivity contribution is -0.117. The van der Waals surface area contributed by atoms with Gasteiger partial charge >= 0.3 is 0 Å². The van der Waals surface area contributed by atoms with Crippen LogP contribution in [-0.2, 0) is 4.79 Å². The standard InChI is InChI=1S/C15H19NO2/c1-16(2)13-5-3-11(4-6-13)9-12-10-14(17)7-8-15(12)18/h3-6,9,14,17H,7-8,10H2,1-2H3. The van der Waals surface area contributed by atoms with Gasteiger partial charge in [-0.05, 0) is 35.8 Å². The first-order valence-electron chi connectivity index (χ1n) is 6.25. The summed E-state index contributed by atoms with van der Waals surface area (Å²) in [5.41, 5.74) is 2.89. The summed E-state index contributed by atoms with van der Waals surface area (Å²) in [4.78, 5) is 13.8. The molecule has 1 aliphatic carbocycles. The van der Waals surface area contributed by atoms with E-state index < -0.39 is 0 Å². The van der Waals surface area contributed by atoms with E-state index in [2.05, 4.69) is 0 Å². The smallest absolute Gasteiger partial charge is 0.159 e. The van der Waals surface area contributed by atoms with Crippen LogP contribution in [0.1, 0.15) is 24.8 Å². The summed E-state index contributed by atoms with van der Waals surface area (Å²) >= 11 is 0. The van der Waals surface area contributed by atoms with Crippen LogP contribution in [0.15, 0.2) is 29.8 Å². The SMILES string of the molecule is CN(C)c1ccc(C=C2CC(O)CCC2=O)cc1. The average Bonchev–Trinajstić information content (AvgIpc) is 2.34. The van der Waals surface area contributed by atoms with Crippen molar-refractivity contribution < 1.29 is 9.90 Å². The Hall–Kier alpha value is -1.61. The Morgan fingerprint density at radius 2 is 1.94 bits per heavy atom. The number of Topliss-reactive ketones (excluding diaryl/α,β-unsaturated/α-hetero) is 1. The maximum atomic E-state index is 11.7. The summed E-state index contributed by atoms with van der Waals surface area (Å²) < 4.78 is 0. The molecular formula is C15H19NO2. The molecule has 1 aromatic rings. The van der Waals surface area contributed by atoms with Crippen LogP contribution >= 0.6 is 0 Å². The predicted molar refractivity (Wildman–Crippen MR) is 73.6 cm³/mol. The quantitative estimate of drug-likeness (QED) is 0.812. The Kier molecular flexibility index (Phi) is 3.82. The van der Waals surface area contributed by atoms with Gasteiger partial charge in [0.2, 0.25) is 0 Å². The molecule has 1 aromatic carbocycles. The fourth-order valence-electron chi connectivity index (χ4n) is 2.14. The second kappa shape index (κ2) is 5.36. The maximum absolute atomic E-state index is 11.7. The van der Waals surface area contributed by atoms with Crippen LogP contribution in [0.5, 0.6) is 0 Å². The van der Waals surface area contributed by atoms with Gasteiger partial charge in [-0.3, -0.25) is 4.79 Å². The lowest BCUT2D eigenvalue weighted by atomic mass is 9.90. The molecule has 0 amide bonds. The number of anilines is 1. The van der Waals surface area contributed by atoms with Gasteiger partial charge in [-0.2, -0.15) is 0 Å². The Bertz CT molecular complexity index is 460. The molecule has 1 atom stereocenters. The Morgan fingerprint density at radius 1 is 1.28 bits per heavy atom. The third-order valence-electron chi connectivity index (χ3n) is 3.27. The molecule has 0 bridgehead atoms. The molecule has 1 fully saturated rings. The molecule has 18 heavy (non-hydrogen) atoms. The van der Waals surface area contributed by atoms with Crippen molar-refractivity contribution in [3.05, 3.63) is 35.4 Å². The number of ketones is 1. The van der Waals surface area contributed by atoms with Gasteiger partial charge in [-0.1, -0.05) is 12.1 Å². The van der Waals surface area contributed by atoms with Crippen molar-refractivity contribution in [2.45, 2.75) is 25.4 Å². The topological polar surface area (TPSA) is 40.5 Å². The highest BCUT2D eigenvalue weighted by Crippen LogP contribution is 2.23. The number of aliphatic hydroxyl groups is 1. The van der Waals surface area contributed by atoms with Crippen LogP contribution in [0.4, 0.5) is 5.69 Å². The molecule has 0 saturated heterocycles. The third-order valence-corrected chi connectivity index (χ3v) is 3.27. The fourth-order valence-corrected chi connectivity index (χ4v) is 2.14. The number of carbonyl (C=O) groups excluding carboxylic acids is 1. The molecule has 3 nitrogen and oxygen atoms in total. The van der Waals surface area contributed by atoms with Crippen LogP contribution in [0, 0.1) is 0 Å². The van der Waals surface area contributed by atoms with Crippen LogP contribution in [0.3, 0.4) is 0 Å². The molecule has 1 aliphatic rings. The van der Waals surface area contributed by atoms with Crippen molar-refractivity contribution in [2.75, 3.05) is 19.0 Å². The second-order valence-corrected chi connectivity index (χ2v) is 4.98. The molecule has 0 heterocycles. The highest BCUT2D eigenvalue weighted by Gasteiger charge is 2.21. The highest BCUT2D eigenvalue weighted by atomic mass is 16.3. The number of rotatable bonds is 2. The Labute approximate surface area is 108 Å². The minimum absolute atomic E-state index is 0.164. The molecule has 1 saturated carbocycles. The zero-order valence-corrected chi connectivity index (χ0v) is 10.9. The first-order valence-corrected chi connectivity index (χ1v) is 6.25. The van der Waals surface area contributed by atoms with Gasteiger partial charge in [0, 0.05) is 32.6 Å². The molecular weight excluding hydrogens is 226 g/mol. The lowest BCUT2D eigenvalue weighted by Crippen LogP contribution is -2.20. The molecule has 0 aliphatic heterocycles. The number of hydrogen-bond acceptors (Lipinski definition) is 3. The molecule has 2 rings (SSSR count). The van der Waals surface area contributed by atoms with Crippen LogP contribution in [0.2, 0.25) is 0 Å². The van der Waals surface area contributed by atoms with Crippen molar-refractivity contribution in [1.82, 2.24) is 0 Å². The summed E-state index contributed by atoms with van der Waals surface area (Å²) in [6.45, 7) is 0. The fraction of sp³-hybridized carbons (Fsp3) is 0.400. The van der Waals surface area contributed by atoms with Crippen molar-refractivity contribution in [1.29, 1.82) is 0 Å². The largest absolute Gasteiger partial charge is 0.393 e. The van der Waals surface area contributed by atoms with Crippen molar-refractivity contribution in [3.8, 4) is 0 Å². The van der Waals surface area contributed by atoms with Gasteiger partial charge in [0.25, 0.3) is 0 Å². The molecule has 1 N–H and O–H groups in total. The third kappa shape index (κ3) is 2.99. The molecule has 96 valence electrons. The van der Waals surface area contributed by atoms with E-state index in [1.54, 1.807) is 0 Å². The van der Waals surface area contributed by atoms with Gasteiger partial charge in [-0.25, -0.2) is 0 Å². The van der Waals surface area contributed by atoms with E-state index in [4.69, 9.17) is 0 Å². The molecule has 0 aromatic heterocycles.